The van der Waals surface area contributed by atoms with Gasteiger partial charge in [-0.3, -0.25) is 0 Å². The van der Waals surface area contributed by atoms with Crippen LogP contribution in [0.5, 0.6) is 0 Å². The molecule has 0 aliphatic heterocycles. The molecule has 3 saturated carbocycles. The number of fused-ring (bicyclic) bond motifs is 1. The third-order valence-electron chi connectivity index (χ3n) is 9.72. The summed E-state index contributed by atoms with van der Waals surface area (Å²) in [6.45, 7) is 7.44. The number of aldehydes is 1. The molecule has 3 aliphatic carbocycles. The molecular weight excluding hydrogens is 352 g/mol. The van der Waals surface area contributed by atoms with E-state index in [1.165, 1.54) is 19.3 Å². The molecule has 0 saturated heterocycles. The van der Waals surface area contributed by atoms with Gasteiger partial charge in [0.15, 0.2) is 0 Å². The maximum absolute atomic E-state index is 10.8. The van der Waals surface area contributed by atoms with E-state index in [0.29, 0.717) is 36.5 Å². The van der Waals surface area contributed by atoms with Gasteiger partial charge in [0, 0.05) is 19.6 Å². The van der Waals surface area contributed by atoms with Crippen molar-refractivity contribution in [2.45, 2.75) is 84.7 Å². The molecule has 0 radical (unpaired) electrons. The highest BCUT2D eigenvalue weighted by Gasteiger charge is 2.58. The molecule has 0 bridgehead atoms. The Morgan fingerprint density at radius 3 is 2.32 bits per heavy atom. The van der Waals surface area contributed by atoms with Crippen molar-refractivity contribution in [3.8, 4) is 0 Å². The highest BCUT2D eigenvalue weighted by Crippen LogP contribution is 2.65. The van der Waals surface area contributed by atoms with E-state index in [9.17, 15) is 20.1 Å². The largest absolute Gasteiger partial charge is 0.396 e. The van der Waals surface area contributed by atoms with Crippen molar-refractivity contribution >= 4 is 6.29 Å². The van der Waals surface area contributed by atoms with Crippen LogP contribution >= 0.6 is 0 Å². The lowest BCUT2D eigenvalue weighted by atomic mass is 9.48. The molecule has 162 valence electrons. The Bertz CT molecular complexity index is 537. The average molecular weight is 395 g/mol. The summed E-state index contributed by atoms with van der Waals surface area (Å²) in [5, 5.41) is 30.7. The molecule has 2 unspecified atom stereocenters. The van der Waals surface area contributed by atoms with Gasteiger partial charge >= 0.3 is 0 Å². The van der Waals surface area contributed by atoms with E-state index in [4.69, 9.17) is 0 Å². The standard InChI is InChI=1S/C24H42O4/c1-16(5-4-12-25)20-6-7-21-19(15-27)22(9-11-24(20,21)3)23(2)10-8-18(28)13-17(23)14-26/h12,16-22,26-28H,4-11,13-15H2,1-3H3/t16-,17-,18+,19+,20-,21?,22?,23+,24-/m1/s1. The molecule has 28 heavy (non-hydrogen) atoms. The fraction of sp³-hybridized carbons (Fsp3) is 0.958. The topological polar surface area (TPSA) is 77.8 Å². The average Bonchev–Trinajstić information content (AvgIpc) is 3.04. The molecule has 3 N–H and O–H groups in total. The predicted octanol–water partition coefficient (Wildman–Crippen LogP) is 3.81. The molecule has 0 amide bonds. The van der Waals surface area contributed by atoms with Crippen molar-refractivity contribution in [3.05, 3.63) is 0 Å². The minimum atomic E-state index is -0.291. The molecule has 4 heteroatoms. The Balaban J connectivity index is 1.82. The Kier molecular flexibility index (Phi) is 6.94. The molecule has 0 heterocycles. The van der Waals surface area contributed by atoms with E-state index in [1.807, 2.05) is 0 Å². The summed E-state index contributed by atoms with van der Waals surface area (Å²) in [6.07, 6.45) is 9.53. The van der Waals surface area contributed by atoms with Gasteiger partial charge in [0.25, 0.3) is 0 Å². The summed E-state index contributed by atoms with van der Waals surface area (Å²) in [4.78, 5) is 10.8. The molecule has 0 aromatic carbocycles. The second kappa shape index (κ2) is 8.73. The van der Waals surface area contributed by atoms with Crippen LogP contribution in [-0.4, -0.2) is 40.9 Å². The molecule has 3 aliphatic rings. The van der Waals surface area contributed by atoms with Crippen LogP contribution in [-0.2, 0) is 4.79 Å². The van der Waals surface area contributed by atoms with E-state index < -0.39 is 0 Å². The third kappa shape index (κ3) is 3.70. The van der Waals surface area contributed by atoms with E-state index in [0.717, 1.165) is 32.0 Å². The van der Waals surface area contributed by atoms with Crippen LogP contribution in [0.3, 0.4) is 0 Å². The molecular formula is C24H42O4. The van der Waals surface area contributed by atoms with Gasteiger partial charge in [-0.1, -0.05) is 20.8 Å². The smallest absolute Gasteiger partial charge is 0.120 e. The number of aliphatic hydroxyl groups excluding tert-OH is 3. The Labute approximate surface area is 171 Å². The first-order chi connectivity index (χ1) is 13.3. The SMILES string of the molecule is C[C@H](CCC=O)[C@H]1CCC2[C@H](CO)C([C@@]3(C)CC[C@H](O)C[C@@H]3CO)CC[C@@]21C. The summed E-state index contributed by atoms with van der Waals surface area (Å²) in [5.41, 5.74) is 0.259. The summed E-state index contributed by atoms with van der Waals surface area (Å²) in [5.74, 6) is 2.57. The maximum Gasteiger partial charge on any atom is 0.120 e. The molecule has 0 aromatic rings. The summed E-state index contributed by atoms with van der Waals surface area (Å²) >= 11 is 0. The monoisotopic (exact) mass is 394 g/mol. The van der Waals surface area contributed by atoms with Gasteiger partial charge in [-0.2, -0.15) is 0 Å². The minimum absolute atomic E-state index is 0.00390. The summed E-state index contributed by atoms with van der Waals surface area (Å²) in [7, 11) is 0. The van der Waals surface area contributed by atoms with Crippen molar-refractivity contribution < 1.29 is 20.1 Å². The van der Waals surface area contributed by atoms with Crippen molar-refractivity contribution in [2.24, 2.45) is 46.3 Å². The maximum atomic E-state index is 10.8. The molecule has 0 spiro atoms. The lowest BCUT2D eigenvalue weighted by Gasteiger charge is -2.57. The van der Waals surface area contributed by atoms with Crippen molar-refractivity contribution in [2.75, 3.05) is 13.2 Å². The fourth-order valence-corrected chi connectivity index (χ4v) is 8.04. The molecule has 4 nitrogen and oxygen atoms in total. The van der Waals surface area contributed by atoms with E-state index in [1.54, 1.807) is 0 Å². The fourth-order valence-electron chi connectivity index (χ4n) is 8.04. The second-order valence-electron chi connectivity index (χ2n) is 10.8. The quantitative estimate of drug-likeness (QED) is 0.574. The van der Waals surface area contributed by atoms with Crippen molar-refractivity contribution in [3.63, 3.8) is 0 Å². The lowest BCUT2D eigenvalue weighted by molar-refractivity contribution is -0.118. The zero-order valence-electron chi connectivity index (χ0n) is 18.1. The lowest BCUT2D eigenvalue weighted by Crippen LogP contribution is -2.53. The van der Waals surface area contributed by atoms with Gasteiger partial charge in [-0.05, 0) is 97.7 Å². The van der Waals surface area contributed by atoms with Gasteiger partial charge in [-0.15, -0.1) is 0 Å². The first-order valence-corrected chi connectivity index (χ1v) is 11.6. The van der Waals surface area contributed by atoms with Crippen molar-refractivity contribution in [1.82, 2.24) is 0 Å². The zero-order valence-corrected chi connectivity index (χ0v) is 18.1. The van der Waals surface area contributed by atoms with Crippen LogP contribution in [0.4, 0.5) is 0 Å². The van der Waals surface area contributed by atoms with Crippen LogP contribution in [0.25, 0.3) is 0 Å². The highest BCUT2D eigenvalue weighted by molar-refractivity contribution is 5.49. The number of rotatable bonds is 7. The first-order valence-electron chi connectivity index (χ1n) is 11.6. The van der Waals surface area contributed by atoms with Gasteiger partial charge in [0.05, 0.1) is 6.10 Å². The molecule has 3 rings (SSSR count). The predicted molar refractivity (Wildman–Crippen MR) is 111 cm³/mol. The second-order valence-corrected chi connectivity index (χ2v) is 10.8. The van der Waals surface area contributed by atoms with Crippen LogP contribution in [0, 0.1) is 46.3 Å². The van der Waals surface area contributed by atoms with Crippen LogP contribution in [0.15, 0.2) is 0 Å². The number of aliphatic hydroxyl groups is 3. The molecule has 0 aromatic heterocycles. The van der Waals surface area contributed by atoms with Gasteiger partial charge < -0.3 is 20.1 Å². The van der Waals surface area contributed by atoms with Gasteiger partial charge in [0.1, 0.15) is 6.29 Å². The number of hydrogen-bond acceptors (Lipinski definition) is 4. The molecule has 3 fully saturated rings. The van der Waals surface area contributed by atoms with E-state index in [2.05, 4.69) is 20.8 Å². The minimum Gasteiger partial charge on any atom is -0.396 e. The zero-order chi connectivity index (χ0) is 20.5. The van der Waals surface area contributed by atoms with E-state index in [-0.39, 0.29) is 42.0 Å². The summed E-state index contributed by atoms with van der Waals surface area (Å²) in [6, 6.07) is 0. The van der Waals surface area contributed by atoms with Crippen LogP contribution in [0.2, 0.25) is 0 Å². The third-order valence-corrected chi connectivity index (χ3v) is 9.72. The van der Waals surface area contributed by atoms with Gasteiger partial charge in [0.2, 0.25) is 0 Å². The Morgan fingerprint density at radius 1 is 1.00 bits per heavy atom. The van der Waals surface area contributed by atoms with Crippen LogP contribution in [0.1, 0.15) is 78.6 Å². The highest BCUT2D eigenvalue weighted by atomic mass is 16.3. The van der Waals surface area contributed by atoms with Crippen LogP contribution < -0.4 is 0 Å². The first kappa shape index (κ1) is 22.2. The van der Waals surface area contributed by atoms with E-state index >= 15 is 0 Å². The Hall–Kier alpha value is -0.450. The summed E-state index contributed by atoms with van der Waals surface area (Å²) < 4.78 is 0. The van der Waals surface area contributed by atoms with Gasteiger partial charge in [-0.25, -0.2) is 0 Å². The number of carbonyl (C=O) groups excluding carboxylic acids is 1. The molecule has 9 atom stereocenters. The number of hydrogen-bond donors (Lipinski definition) is 3. The van der Waals surface area contributed by atoms with Crippen molar-refractivity contribution in [1.29, 1.82) is 0 Å². The number of carbonyl (C=O) groups is 1. The normalized spacial score (nSPS) is 47.5. The Morgan fingerprint density at radius 2 is 1.68 bits per heavy atom.